The van der Waals surface area contributed by atoms with Crippen LogP contribution in [0.15, 0.2) is 0 Å². The lowest BCUT2D eigenvalue weighted by molar-refractivity contribution is 0.0826. The average molecular weight is 408 g/mol. The van der Waals surface area contributed by atoms with Gasteiger partial charge in [0.1, 0.15) is 0 Å². The Morgan fingerprint density at radius 3 is 1.80 bits per heavy atom. The van der Waals surface area contributed by atoms with Gasteiger partial charge >= 0.3 is 0 Å². The molecule has 1 rings (SSSR count). The first-order valence-electron chi connectivity index (χ1n) is 10.0. The van der Waals surface area contributed by atoms with E-state index >= 15 is 0 Å². The summed E-state index contributed by atoms with van der Waals surface area (Å²) >= 11 is 0. The fourth-order valence-electron chi connectivity index (χ4n) is 5.10. The summed E-state index contributed by atoms with van der Waals surface area (Å²) in [6.45, 7) is 13.7. The molecule has 0 radical (unpaired) electrons. The van der Waals surface area contributed by atoms with Crippen molar-refractivity contribution in [2.75, 3.05) is 0 Å². The van der Waals surface area contributed by atoms with E-state index in [4.69, 9.17) is 9.42 Å². The predicted octanol–water partition coefficient (Wildman–Crippen LogP) is 6.57. The molecule has 5 heteroatoms. The second-order valence-corrected chi connectivity index (χ2v) is 13.0. The summed E-state index contributed by atoms with van der Waals surface area (Å²) in [5, 5.41) is 0.571. The Balaban J connectivity index is 2.64. The largest absolute Gasteiger partial charge is 0.352 e. The van der Waals surface area contributed by atoms with Crippen LogP contribution in [0.4, 0.5) is 0 Å². The molecule has 5 atom stereocenters. The number of rotatable bonds is 8. The van der Waals surface area contributed by atoms with Crippen LogP contribution in [0.25, 0.3) is 0 Å². The molecule has 1 aliphatic carbocycles. The molecule has 0 aromatic heterocycles. The zero-order chi connectivity index (χ0) is 19.3. The van der Waals surface area contributed by atoms with Gasteiger partial charge < -0.3 is 9.42 Å². The van der Waals surface area contributed by atoms with Gasteiger partial charge in [-0.15, -0.1) is 18.5 Å². The summed E-state index contributed by atoms with van der Waals surface area (Å²) in [6.07, 6.45) is 10.3. The summed E-state index contributed by atoms with van der Waals surface area (Å²) in [6, 6.07) is 0. The Kier molecular flexibility index (Phi) is 9.82. The minimum atomic E-state index is -0.422. The highest BCUT2D eigenvalue weighted by Gasteiger charge is 2.38. The van der Waals surface area contributed by atoms with Crippen molar-refractivity contribution in [1.82, 2.24) is 0 Å². The molecule has 1 aliphatic rings. The van der Waals surface area contributed by atoms with Gasteiger partial charge in [0, 0.05) is 0 Å². The fourth-order valence-corrected chi connectivity index (χ4v) is 7.05. The van der Waals surface area contributed by atoms with Crippen LogP contribution >= 0.6 is 27.5 Å². The van der Waals surface area contributed by atoms with Crippen LogP contribution in [0.3, 0.4) is 0 Å². The Bertz CT molecular complexity index is 384. The topological polar surface area (TPSA) is 29.5 Å². The minimum absolute atomic E-state index is 0.179. The first kappa shape index (κ1) is 24.2. The lowest BCUT2D eigenvalue weighted by atomic mass is 9.73. The lowest BCUT2D eigenvalue weighted by Crippen LogP contribution is -2.38. The normalized spacial score (nSPS) is 28.6. The van der Waals surface area contributed by atoms with Crippen LogP contribution in [0.1, 0.15) is 92.9 Å². The first-order valence-corrected chi connectivity index (χ1v) is 12.1. The van der Waals surface area contributed by atoms with E-state index in [9.17, 15) is 0 Å². The molecule has 0 aromatic carbocycles. The molecule has 150 valence electrons. The van der Waals surface area contributed by atoms with Crippen LogP contribution in [0.5, 0.6) is 0 Å². The predicted molar refractivity (Wildman–Crippen MR) is 121 cm³/mol. The van der Waals surface area contributed by atoms with Gasteiger partial charge in [-0.3, -0.25) is 0 Å². The first-order chi connectivity index (χ1) is 11.4. The molecule has 1 fully saturated rings. The van der Waals surface area contributed by atoms with Gasteiger partial charge in [-0.05, 0) is 80.4 Å². The van der Waals surface area contributed by atoms with Crippen LogP contribution in [-0.4, -0.2) is 20.8 Å². The van der Waals surface area contributed by atoms with Crippen LogP contribution in [-0.2, 0) is 4.52 Å². The van der Waals surface area contributed by atoms with E-state index < -0.39 is 9.03 Å². The summed E-state index contributed by atoms with van der Waals surface area (Å²) in [5.74, 6) is 2.33. The highest BCUT2D eigenvalue weighted by atomic mass is 31.1. The highest BCUT2D eigenvalue weighted by molar-refractivity contribution is 7.25. The van der Waals surface area contributed by atoms with Gasteiger partial charge in [0.15, 0.2) is 9.03 Å². The van der Waals surface area contributed by atoms with E-state index in [-0.39, 0.29) is 10.8 Å². The van der Waals surface area contributed by atoms with Crippen molar-refractivity contribution in [3.8, 4) is 0 Å². The average Bonchev–Trinajstić information content (AvgIpc) is 2.33. The van der Waals surface area contributed by atoms with Crippen molar-refractivity contribution < 1.29 is 9.42 Å². The minimum Gasteiger partial charge on any atom is -0.352 e. The van der Waals surface area contributed by atoms with Crippen molar-refractivity contribution in [1.29, 1.82) is 0 Å². The second-order valence-electron chi connectivity index (χ2n) is 10.00. The summed E-state index contributed by atoms with van der Waals surface area (Å²) in [5.41, 5.74) is -0.259. The molecular formula is C20H43O2P3. The monoisotopic (exact) mass is 408 g/mol. The van der Waals surface area contributed by atoms with E-state index in [2.05, 4.69) is 60.0 Å². The zero-order valence-electron chi connectivity index (χ0n) is 17.4. The van der Waals surface area contributed by atoms with E-state index in [0.717, 1.165) is 24.2 Å². The third-order valence-electron chi connectivity index (χ3n) is 6.05. The third kappa shape index (κ3) is 8.40. The van der Waals surface area contributed by atoms with Crippen molar-refractivity contribution in [3.63, 3.8) is 0 Å². The van der Waals surface area contributed by atoms with Crippen molar-refractivity contribution >= 4 is 27.5 Å². The molecule has 0 bridgehead atoms. The molecule has 5 unspecified atom stereocenters. The highest BCUT2D eigenvalue weighted by Crippen LogP contribution is 2.47. The molecule has 0 saturated heterocycles. The second kappa shape index (κ2) is 10.1. The summed E-state index contributed by atoms with van der Waals surface area (Å²) < 4.78 is 5.58. The maximum absolute atomic E-state index is 9.16. The lowest BCUT2D eigenvalue weighted by Gasteiger charge is -2.43. The number of hydrogen-bond acceptors (Lipinski definition) is 2. The standard InChI is InChI=1S/C20H43O2P3/c1-15(2)13-19(5,23)16-9-7-11-17(12-8-10-16)20(6,24)14-18(3,4)22-25-21/h15-17,21,25H,7-14,23-24H2,1-6H3. The van der Waals surface area contributed by atoms with E-state index in [1.54, 1.807) is 0 Å². The molecule has 25 heavy (non-hydrogen) atoms. The smallest absolute Gasteiger partial charge is 0.152 e. The van der Waals surface area contributed by atoms with Crippen molar-refractivity contribution in [3.05, 3.63) is 0 Å². The summed E-state index contributed by atoms with van der Waals surface area (Å²) in [7, 11) is 5.90. The van der Waals surface area contributed by atoms with Crippen LogP contribution in [0, 0.1) is 17.8 Å². The van der Waals surface area contributed by atoms with Crippen molar-refractivity contribution in [2.45, 2.75) is 109 Å². The molecule has 2 nitrogen and oxygen atoms in total. The molecule has 0 heterocycles. The molecule has 0 aliphatic heterocycles. The van der Waals surface area contributed by atoms with E-state index in [0.29, 0.717) is 5.16 Å². The Morgan fingerprint density at radius 2 is 1.40 bits per heavy atom. The maximum Gasteiger partial charge on any atom is 0.152 e. The van der Waals surface area contributed by atoms with E-state index in [1.807, 2.05) is 0 Å². The molecule has 0 spiro atoms. The molecular weight excluding hydrogens is 365 g/mol. The third-order valence-corrected chi connectivity index (χ3v) is 8.08. The van der Waals surface area contributed by atoms with Crippen molar-refractivity contribution in [2.24, 2.45) is 17.8 Å². The Morgan fingerprint density at radius 1 is 0.960 bits per heavy atom. The van der Waals surface area contributed by atoms with Gasteiger partial charge in [0.05, 0.1) is 5.60 Å². The quantitative estimate of drug-likeness (QED) is 0.460. The van der Waals surface area contributed by atoms with Gasteiger partial charge in [-0.25, -0.2) is 0 Å². The molecule has 0 aromatic rings. The Hall–Kier alpha value is 1.21. The van der Waals surface area contributed by atoms with Gasteiger partial charge in [-0.2, -0.15) is 0 Å². The molecule has 1 N–H and O–H groups in total. The Labute approximate surface area is 163 Å². The van der Waals surface area contributed by atoms with Gasteiger partial charge in [0.25, 0.3) is 0 Å². The summed E-state index contributed by atoms with van der Waals surface area (Å²) in [4.78, 5) is 9.16. The van der Waals surface area contributed by atoms with Crippen LogP contribution in [0.2, 0.25) is 0 Å². The zero-order valence-corrected chi connectivity index (χ0v) is 20.7. The van der Waals surface area contributed by atoms with Gasteiger partial charge in [-0.1, -0.05) is 40.5 Å². The van der Waals surface area contributed by atoms with Crippen LogP contribution < -0.4 is 0 Å². The fraction of sp³-hybridized carbons (Fsp3) is 1.00. The van der Waals surface area contributed by atoms with Gasteiger partial charge in [0.2, 0.25) is 0 Å². The SMILES string of the molecule is CC(C)CC(C)(P)C1CCCC(C(C)(P)CC(C)(C)OPO)CCC1. The maximum atomic E-state index is 9.16. The number of hydrogen-bond donors (Lipinski definition) is 1. The molecule has 0 amide bonds. The molecule has 1 saturated carbocycles. The van der Waals surface area contributed by atoms with E-state index in [1.165, 1.54) is 44.9 Å².